The summed E-state index contributed by atoms with van der Waals surface area (Å²) in [4.78, 5) is 0.0373. The third-order valence-corrected chi connectivity index (χ3v) is 4.33. The second kappa shape index (κ2) is 4.41. The van der Waals surface area contributed by atoms with Crippen molar-refractivity contribution >= 4 is 15.7 Å². The lowest BCUT2D eigenvalue weighted by atomic mass is 10.4. The first kappa shape index (κ1) is 12.6. The molecular formula is C11H12FN3O2S. The number of benzene rings is 1. The molecule has 0 aliphatic heterocycles. The number of aryl methyl sites for hydroxylation is 1. The normalized spacial score (nSPS) is 11.5. The predicted octanol–water partition coefficient (Wildman–Crippen LogP) is 1.38. The van der Waals surface area contributed by atoms with Crippen LogP contribution in [0.1, 0.15) is 0 Å². The Morgan fingerprint density at radius 1 is 1.28 bits per heavy atom. The molecule has 5 nitrogen and oxygen atoms in total. The van der Waals surface area contributed by atoms with Gasteiger partial charge in [-0.3, -0.25) is 8.99 Å². The fourth-order valence-corrected chi connectivity index (χ4v) is 2.64. The molecule has 2 aromatic rings. The van der Waals surface area contributed by atoms with Gasteiger partial charge in [0.25, 0.3) is 10.0 Å². The van der Waals surface area contributed by atoms with E-state index in [1.165, 1.54) is 30.1 Å². The quantitative estimate of drug-likeness (QED) is 0.846. The van der Waals surface area contributed by atoms with Crippen LogP contribution < -0.4 is 4.31 Å². The van der Waals surface area contributed by atoms with Gasteiger partial charge in [-0.15, -0.1) is 0 Å². The molecule has 0 aliphatic rings. The first-order valence-corrected chi connectivity index (χ1v) is 6.58. The number of hydrogen-bond acceptors (Lipinski definition) is 3. The zero-order chi connectivity index (χ0) is 13.3. The van der Waals surface area contributed by atoms with Gasteiger partial charge in [-0.25, -0.2) is 12.8 Å². The van der Waals surface area contributed by atoms with Crippen molar-refractivity contribution in [1.29, 1.82) is 0 Å². The number of hydrogen-bond donors (Lipinski definition) is 0. The van der Waals surface area contributed by atoms with E-state index in [9.17, 15) is 12.8 Å². The van der Waals surface area contributed by atoms with Crippen molar-refractivity contribution in [1.82, 2.24) is 9.78 Å². The van der Waals surface area contributed by atoms with Crippen molar-refractivity contribution in [3.05, 3.63) is 42.5 Å². The highest BCUT2D eigenvalue weighted by molar-refractivity contribution is 7.92. The van der Waals surface area contributed by atoms with E-state index in [1.54, 1.807) is 13.2 Å². The van der Waals surface area contributed by atoms with Crippen molar-refractivity contribution < 1.29 is 12.8 Å². The van der Waals surface area contributed by atoms with Gasteiger partial charge in [0.2, 0.25) is 0 Å². The SMILES string of the molecule is CN(c1cnn(C)c1)S(=O)(=O)c1ccc(F)cc1. The van der Waals surface area contributed by atoms with Gasteiger partial charge in [0, 0.05) is 20.3 Å². The molecule has 0 bridgehead atoms. The fraction of sp³-hybridized carbons (Fsp3) is 0.182. The molecule has 0 saturated carbocycles. The molecule has 1 heterocycles. The average molecular weight is 269 g/mol. The molecule has 0 amide bonds. The maximum Gasteiger partial charge on any atom is 0.264 e. The Labute approximate surface area is 105 Å². The van der Waals surface area contributed by atoms with Crippen LogP contribution in [0.2, 0.25) is 0 Å². The second-order valence-corrected chi connectivity index (χ2v) is 5.77. The van der Waals surface area contributed by atoms with Crippen LogP contribution in [0.5, 0.6) is 0 Å². The number of halogens is 1. The van der Waals surface area contributed by atoms with Crippen LogP contribution in [0.4, 0.5) is 10.1 Å². The van der Waals surface area contributed by atoms with E-state index >= 15 is 0 Å². The first-order valence-electron chi connectivity index (χ1n) is 5.14. The van der Waals surface area contributed by atoms with Gasteiger partial charge in [-0.05, 0) is 24.3 Å². The first-order chi connectivity index (χ1) is 8.41. The minimum Gasteiger partial charge on any atom is -0.274 e. The summed E-state index contributed by atoms with van der Waals surface area (Å²) in [6.07, 6.45) is 3.03. The molecule has 0 atom stereocenters. The van der Waals surface area contributed by atoms with Crippen molar-refractivity contribution in [2.75, 3.05) is 11.4 Å². The number of aromatic nitrogens is 2. The van der Waals surface area contributed by atoms with Crippen LogP contribution in [0.25, 0.3) is 0 Å². The molecule has 7 heteroatoms. The smallest absolute Gasteiger partial charge is 0.264 e. The van der Waals surface area contributed by atoms with Crippen LogP contribution in [0.3, 0.4) is 0 Å². The Bertz CT molecular complexity index is 649. The molecule has 2 rings (SSSR count). The topological polar surface area (TPSA) is 55.2 Å². The summed E-state index contributed by atoms with van der Waals surface area (Å²) in [5.41, 5.74) is 0.446. The molecule has 0 unspecified atom stereocenters. The van der Waals surface area contributed by atoms with E-state index in [2.05, 4.69) is 5.10 Å². The van der Waals surface area contributed by atoms with Gasteiger partial charge in [0.1, 0.15) is 5.82 Å². The maximum absolute atomic E-state index is 12.8. The van der Waals surface area contributed by atoms with Gasteiger partial charge in [-0.1, -0.05) is 0 Å². The third kappa shape index (κ3) is 2.21. The summed E-state index contributed by atoms with van der Waals surface area (Å²) in [5, 5.41) is 3.91. The average Bonchev–Trinajstić information content (AvgIpc) is 2.75. The van der Waals surface area contributed by atoms with Crippen molar-refractivity contribution in [2.24, 2.45) is 7.05 Å². The number of anilines is 1. The zero-order valence-corrected chi connectivity index (χ0v) is 10.7. The van der Waals surface area contributed by atoms with E-state index in [1.807, 2.05) is 0 Å². The summed E-state index contributed by atoms with van der Waals surface area (Å²) >= 11 is 0. The number of rotatable bonds is 3. The predicted molar refractivity (Wildman–Crippen MR) is 65.2 cm³/mol. The van der Waals surface area contributed by atoms with Crippen LogP contribution in [0.15, 0.2) is 41.6 Å². The Balaban J connectivity index is 2.39. The highest BCUT2D eigenvalue weighted by atomic mass is 32.2. The third-order valence-electron chi connectivity index (χ3n) is 2.53. The van der Waals surface area contributed by atoms with Crippen LogP contribution in [0, 0.1) is 5.82 Å². The highest BCUT2D eigenvalue weighted by Crippen LogP contribution is 2.21. The van der Waals surface area contributed by atoms with E-state index < -0.39 is 15.8 Å². The summed E-state index contributed by atoms with van der Waals surface area (Å²) in [6.45, 7) is 0. The van der Waals surface area contributed by atoms with E-state index in [0.29, 0.717) is 5.69 Å². The summed E-state index contributed by atoms with van der Waals surface area (Å²) in [6, 6.07) is 4.70. The minimum absolute atomic E-state index is 0.0373. The van der Waals surface area contributed by atoms with Crippen LogP contribution in [-0.2, 0) is 17.1 Å². The molecule has 0 spiro atoms. The molecule has 0 saturated heterocycles. The van der Waals surface area contributed by atoms with Gasteiger partial charge in [0.05, 0.1) is 16.8 Å². The van der Waals surface area contributed by atoms with Gasteiger partial charge >= 0.3 is 0 Å². The molecule has 1 aromatic heterocycles. The molecule has 0 aliphatic carbocycles. The molecule has 18 heavy (non-hydrogen) atoms. The Morgan fingerprint density at radius 3 is 2.39 bits per heavy atom. The lowest BCUT2D eigenvalue weighted by Gasteiger charge is -2.17. The molecule has 96 valence electrons. The van der Waals surface area contributed by atoms with Crippen molar-refractivity contribution in [3.63, 3.8) is 0 Å². The molecule has 0 N–H and O–H groups in total. The number of sulfonamides is 1. The fourth-order valence-electron chi connectivity index (χ4n) is 1.47. The molecule has 0 fully saturated rings. The van der Waals surface area contributed by atoms with Crippen LogP contribution >= 0.6 is 0 Å². The second-order valence-electron chi connectivity index (χ2n) is 3.80. The lowest BCUT2D eigenvalue weighted by molar-refractivity contribution is 0.593. The maximum atomic E-state index is 12.8. The summed E-state index contributed by atoms with van der Waals surface area (Å²) < 4.78 is 39.8. The van der Waals surface area contributed by atoms with E-state index in [0.717, 1.165) is 16.4 Å². The molecular weight excluding hydrogens is 257 g/mol. The Kier molecular flexibility index (Phi) is 3.08. The summed E-state index contributed by atoms with van der Waals surface area (Å²) in [5.74, 6) is -0.474. The largest absolute Gasteiger partial charge is 0.274 e. The highest BCUT2D eigenvalue weighted by Gasteiger charge is 2.22. The standard InChI is InChI=1S/C11H12FN3O2S/c1-14-8-10(7-13-14)15(2)18(16,17)11-5-3-9(12)4-6-11/h3-8H,1-2H3. The van der Waals surface area contributed by atoms with Crippen molar-refractivity contribution in [2.45, 2.75) is 4.90 Å². The molecule has 0 radical (unpaired) electrons. The minimum atomic E-state index is -3.68. The van der Waals surface area contributed by atoms with Crippen LogP contribution in [-0.4, -0.2) is 25.2 Å². The van der Waals surface area contributed by atoms with E-state index in [-0.39, 0.29) is 4.90 Å². The summed E-state index contributed by atoms with van der Waals surface area (Å²) in [7, 11) is -0.560. The van der Waals surface area contributed by atoms with Gasteiger partial charge < -0.3 is 0 Å². The van der Waals surface area contributed by atoms with E-state index in [4.69, 9.17) is 0 Å². The molecule has 1 aromatic carbocycles. The van der Waals surface area contributed by atoms with Crippen molar-refractivity contribution in [3.8, 4) is 0 Å². The lowest BCUT2D eigenvalue weighted by Crippen LogP contribution is -2.26. The van der Waals surface area contributed by atoms with Gasteiger partial charge in [-0.2, -0.15) is 5.10 Å². The number of nitrogens with zero attached hydrogens (tertiary/aromatic N) is 3. The Hall–Kier alpha value is -1.89. The zero-order valence-electron chi connectivity index (χ0n) is 9.91. The monoisotopic (exact) mass is 269 g/mol. The Morgan fingerprint density at radius 2 is 1.89 bits per heavy atom. The van der Waals surface area contributed by atoms with Gasteiger partial charge in [0.15, 0.2) is 0 Å².